The monoisotopic (exact) mass is 252 g/mol. The van der Waals surface area contributed by atoms with Crippen LogP contribution in [0.25, 0.3) is 0 Å². The molecule has 0 aliphatic rings. The lowest BCUT2D eigenvalue weighted by atomic mass is 10.1. The van der Waals surface area contributed by atoms with E-state index in [2.05, 4.69) is 4.74 Å². The third-order valence-corrected chi connectivity index (χ3v) is 2.81. The van der Waals surface area contributed by atoms with Gasteiger partial charge in [0.1, 0.15) is 5.75 Å². The molecule has 0 amide bonds. The fraction of sp³-hybridized carbons (Fsp3) is 0.333. The maximum absolute atomic E-state index is 11.4. The standard InChI is InChI=1S/C12H16O4Si/c1-15-12(14)9-5-6-10(8-13)11(7-9)16-17(2,3)4/h5-8H,1-4H3. The number of rotatable bonds is 4. The van der Waals surface area contributed by atoms with Crippen LogP contribution in [-0.2, 0) is 4.74 Å². The van der Waals surface area contributed by atoms with Crippen LogP contribution >= 0.6 is 0 Å². The predicted octanol–water partition coefficient (Wildman–Crippen LogP) is 2.50. The van der Waals surface area contributed by atoms with Gasteiger partial charge in [-0.15, -0.1) is 0 Å². The maximum Gasteiger partial charge on any atom is 0.337 e. The number of methoxy groups -OCH3 is 1. The Hall–Kier alpha value is -1.62. The first kappa shape index (κ1) is 13.4. The van der Waals surface area contributed by atoms with Crippen LogP contribution in [0.15, 0.2) is 18.2 Å². The summed E-state index contributed by atoms with van der Waals surface area (Å²) in [6.45, 7) is 6.02. The molecule has 0 atom stereocenters. The van der Waals surface area contributed by atoms with Crippen LogP contribution in [0.2, 0.25) is 19.6 Å². The van der Waals surface area contributed by atoms with E-state index < -0.39 is 14.3 Å². The molecule has 17 heavy (non-hydrogen) atoms. The van der Waals surface area contributed by atoms with Gasteiger partial charge in [-0.05, 0) is 37.8 Å². The molecular weight excluding hydrogens is 236 g/mol. The summed E-state index contributed by atoms with van der Waals surface area (Å²) >= 11 is 0. The molecule has 0 heterocycles. The summed E-state index contributed by atoms with van der Waals surface area (Å²) in [5, 5.41) is 0. The number of carbonyl (C=O) groups excluding carboxylic acids is 2. The zero-order valence-corrected chi connectivity index (χ0v) is 11.4. The summed E-state index contributed by atoms with van der Waals surface area (Å²) in [6.07, 6.45) is 0.719. The largest absolute Gasteiger partial charge is 0.544 e. The average Bonchev–Trinajstić information content (AvgIpc) is 2.25. The van der Waals surface area contributed by atoms with Crippen LogP contribution in [0, 0.1) is 0 Å². The van der Waals surface area contributed by atoms with E-state index in [1.165, 1.54) is 7.11 Å². The number of ether oxygens (including phenoxy) is 1. The van der Waals surface area contributed by atoms with Crippen molar-refractivity contribution in [2.75, 3.05) is 7.11 Å². The maximum atomic E-state index is 11.4. The molecule has 0 N–H and O–H groups in total. The second kappa shape index (κ2) is 5.14. The Bertz CT molecular complexity index is 435. The molecule has 1 rings (SSSR count). The highest BCUT2D eigenvalue weighted by molar-refractivity contribution is 6.70. The molecule has 0 radical (unpaired) electrons. The number of carbonyl (C=O) groups is 2. The van der Waals surface area contributed by atoms with Crippen LogP contribution in [0.4, 0.5) is 0 Å². The minimum Gasteiger partial charge on any atom is -0.544 e. The van der Waals surface area contributed by atoms with Gasteiger partial charge in [0.15, 0.2) is 6.29 Å². The molecule has 0 aliphatic carbocycles. The van der Waals surface area contributed by atoms with E-state index in [9.17, 15) is 9.59 Å². The van der Waals surface area contributed by atoms with Crippen molar-refractivity contribution in [1.29, 1.82) is 0 Å². The average molecular weight is 252 g/mol. The van der Waals surface area contributed by atoms with Crippen LogP contribution < -0.4 is 4.43 Å². The third kappa shape index (κ3) is 3.71. The topological polar surface area (TPSA) is 52.6 Å². The normalized spacial score (nSPS) is 10.8. The van der Waals surface area contributed by atoms with Crippen molar-refractivity contribution >= 4 is 20.6 Å². The summed E-state index contributed by atoms with van der Waals surface area (Å²) in [4.78, 5) is 22.3. The van der Waals surface area contributed by atoms with Crippen molar-refractivity contribution in [1.82, 2.24) is 0 Å². The SMILES string of the molecule is COC(=O)c1ccc(C=O)c(O[Si](C)(C)C)c1. The lowest BCUT2D eigenvalue weighted by molar-refractivity contribution is 0.0600. The van der Waals surface area contributed by atoms with E-state index in [4.69, 9.17) is 4.43 Å². The minimum atomic E-state index is -1.82. The molecule has 92 valence electrons. The van der Waals surface area contributed by atoms with Gasteiger partial charge in [-0.1, -0.05) is 0 Å². The molecule has 0 unspecified atom stereocenters. The van der Waals surface area contributed by atoms with Crippen molar-refractivity contribution in [3.8, 4) is 5.75 Å². The molecule has 0 saturated heterocycles. The molecule has 0 saturated carbocycles. The van der Waals surface area contributed by atoms with Crippen molar-refractivity contribution < 1.29 is 18.8 Å². The van der Waals surface area contributed by atoms with Crippen molar-refractivity contribution in [2.45, 2.75) is 19.6 Å². The highest BCUT2D eigenvalue weighted by Crippen LogP contribution is 2.22. The molecule has 4 nitrogen and oxygen atoms in total. The molecule has 0 spiro atoms. The quantitative estimate of drug-likeness (QED) is 0.469. The number of hydrogen-bond donors (Lipinski definition) is 0. The Morgan fingerprint density at radius 2 is 1.94 bits per heavy atom. The zero-order chi connectivity index (χ0) is 13.1. The van der Waals surface area contributed by atoms with Crippen molar-refractivity contribution in [2.24, 2.45) is 0 Å². The van der Waals surface area contributed by atoms with E-state index in [0.29, 0.717) is 16.9 Å². The minimum absolute atomic E-state index is 0.381. The van der Waals surface area contributed by atoms with E-state index >= 15 is 0 Å². The smallest absolute Gasteiger partial charge is 0.337 e. The van der Waals surface area contributed by atoms with E-state index in [0.717, 1.165) is 6.29 Å². The Labute approximate surface area is 102 Å². The summed E-state index contributed by atoms with van der Waals surface area (Å²) in [7, 11) is -0.510. The molecule has 1 aromatic rings. The fourth-order valence-corrected chi connectivity index (χ4v) is 2.13. The fourth-order valence-electron chi connectivity index (χ4n) is 1.29. The molecule has 0 aromatic heterocycles. The first-order chi connectivity index (χ1) is 7.87. The summed E-state index contributed by atoms with van der Waals surface area (Å²) in [6, 6.07) is 4.66. The molecule has 5 heteroatoms. The van der Waals surface area contributed by atoms with Crippen molar-refractivity contribution in [3.05, 3.63) is 29.3 Å². The molecule has 0 aliphatic heterocycles. The zero-order valence-electron chi connectivity index (χ0n) is 10.4. The first-order valence-corrected chi connectivity index (χ1v) is 8.65. The first-order valence-electron chi connectivity index (χ1n) is 5.24. The van der Waals surface area contributed by atoms with E-state index in [1.54, 1.807) is 18.2 Å². The molecule has 0 fully saturated rings. The summed E-state index contributed by atoms with van der Waals surface area (Å²) < 4.78 is 10.4. The van der Waals surface area contributed by atoms with Gasteiger partial charge >= 0.3 is 5.97 Å². The van der Waals surface area contributed by atoms with Crippen LogP contribution in [-0.4, -0.2) is 27.7 Å². The Kier molecular flexibility index (Phi) is 4.06. The van der Waals surface area contributed by atoms with Crippen LogP contribution in [0.3, 0.4) is 0 Å². The van der Waals surface area contributed by atoms with Crippen molar-refractivity contribution in [3.63, 3.8) is 0 Å². The number of aldehydes is 1. The highest BCUT2D eigenvalue weighted by atomic mass is 28.4. The number of hydrogen-bond acceptors (Lipinski definition) is 4. The van der Waals surface area contributed by atoms with Gasteiger partial charge in [0.25, 0.3) is 0 Å². The second-order valence-corrected chi connectivity index (χ2v) is 9.01. The molecular formula is C12H16O4Si. The van der Waals surface area contributed by atoms with Gasteiger partial charge in [0.2, 0.25) is 8.32 Å². The predicted molar refractivity (Wildman–Crippen MR) is 67.1 cm³/mol. The van der Waals surface area contributed by atoms with E-state index in [-0.39, 0.29) is 0 Å². The van der Waals surface area contributed by atoms with Gasteiger partial charge < -0.3 is 9.16 Å². The van der Waals surface area contributed by atoms with E-state index in [1.807, 2.05) is 19.6 Å². The lowest BCUT2D eigenvalue weighted by Gasteiger charge is -2.20. The lowest BCUT2D eigenvalue weighted by Crippen LogP contribution is -2.29. The van der Waals surface area contributed by atoms with Crippen LogP contribution in [0.1, 0.15) is 20.7 Å². The number of benzene rings is 1. The third-order valence-electron chi connectivity index (χ3n) is 1.98. The Balaban J connectivity index is 3.15. The Morgan fingerprint density at radius 1 is 1.29 bits per heavy atom. The Morgan fingerprint density at radius 3 is 2.41 bits per heavy atom. The van der Waals surface area contributed by atoms with Gasteiger partial charge in [0.05, 0.1) is 18.2 Å². The highest BCUT2D eigenvalue weighted by Gasteiger charge is 2.19. The van der Waals surface area contributed by atoms with Gasteiger partial charge in [-0.3, -0.25) is 4.79 Å². The summed E-state index contributed by atoms with van der Waals surface area (Å²) in [5.74, 6) is 0.00458. The second-order valence-electron chi connectivity index (χ2n) is 4.58. The summed E-state index contributed by atoms with van der Waals surface area (Å²) in [5.41, 5.74) is 0.825. The molecule has 0 bridgehead atoms. The van der Waals surface area contributed by atoms with Gasteiger partial charge in [0, 0.05) is 0 Å². The number of esters is 1. The van der Waals surface area contributed by atoms with Gasteiger partial charge in [-0.2, -0.15) is 0 Å². The van der Waals surface area contributed by atoms with Gasteiger partial charge in [-0.25, -0.2) is 4.79 Å². The van der Waals surface area contributed by atoms with Crippen LogP contribution in [0.5, 0.6) is 5.75 Å². The molecule has 1 aromatic carbocycles.